The van der Waals surface area contributed by atoms with Crippen molar-refractivity contribution in [2.75, 3.05) is 25.9 Å². The molecule has 4 aliphatic rings. The molecule has 2 N–H and O–H groups in total. The van der Waals surface area contributed by atoms with Crippen molar-refractivity contribution in [1.82, 2.24) is 19.8 Å². The zero-order valence-corrected chi connectivity index (χ0v) is 20.2. The summed E-state index contributed by atoms with van der Waals surface area (Å²) in [6.45, 7) is 0.637. The number of carbonyl (C=O) groups excluding carboxylic acids is 2. The zero-order valence-electron chi connectivity index (χ0n) is 18.6. The highest BCUT2D eigenvalue weighted by Gasteiger charge is 2.57. The van der Waals surface area contributed by atoms with Crippen LogP contribution in [-0.4, -0.2) is 73.5 Å². The van der Waals surface area contributed by atoms with Crippen LogP contribution < -0.4 is 10.6 Å². The lowest BCUT2D eigenvalue weighted by Crippen LogP contribution is -2.61. The number of rotatable bonds is 6. The number of hydrogen-bond acceptors (Lipinski definition) is 5. The lowest BCUT2D eigenvalue weighted by Gasteiger charge is -2.36. The molecule has 5 rings (SSSR count). The molecule has 2 saturated carbocycles. The highest BCUT2D eigenvalue weighted by molar-refractivity contribution is 7.88. The first-order valence-corrected chi connectivity index (χ1v) is 13.7. The quantitative estimate of drug-likeness (QED) is 0.557. The Morgan fingerprint density at radius 2 is 1.94 bits per heavy atom. The molecule has 34 heavy (non-hydrogen) atoms. The van der Waals surface area contributed by atoms with E-state index in [-0.39, 0.29) is 47.5 Å². The number of piperazine rings is 1. The molecule has 0 radical (unpaired) electrons. The van der Waals surface area contributed by atoms with E-state index in [1.165, 1.54) is 4.31 Å². The number of sulfonamides is 1. The van der Waals surface area contributed by atoms with Gasteiger partial charge in [0.05, 0.1) is 17.3 Å². The number of likely N-dealkylation sites (tertiary alicyclic amines) is 1. The Hall–Kier alpha value is -1.82. The molecule has 0 spiro atoms. The minimum atomic E-state index is -3.44. The molecule has 5 atom stereocenters. The number of halogens is 3. The molecule has 12 heteroatoms. The van der Waals surface area contributed by atoms with E-state index in [0.29, 0.717) is 13.0 Å². The van der Waals surface area contributed by atoms with Crippen LogP contribution in [0.4, 0.5) is 8.78 Å². The molecule has 2 aliphatic heterocycles. The van der Waals surface area contributed by atoms with Gasteiger partial charge in [-0.25, -0.2) is 17.2 Å². The van der Waals surface area contributed by atoms with E-state index in [4.69, 9.17) is 11.6 Å². The highest BCUT2D eigenvalue weighted by atomic mass is 35.5. The van der Waals surface area contributed by atoms with Crippen LogP contribution in [0.15, 0.2) is 12.1 Å². The number of nitrogens with one attached hydrogen (secondary N) is 2. The average molecular weight is 517 g/mol. The molecule has 8 nitrogen and oxygen atoms in total. The summed E-state index contributed by atoms with van der Waals surface area (Å²) in [5.41, 5.74) is 0.0523. The van der Waals surface area contributed by atoms with Crippen molar-refractivity contribution in [2.45, 2.75) is 49.9 Å². The van der Waals surface area contributed by atoms with Gasteiger partial charge in [0.2, 0.25) is 21.8 Å². The van der Waals surface area contributed by atoms with Gasteiger partial charge >= 0.3 is 0 Å². The number of hydrogen-bond donors (Lipinski definition) is 2. The van der Waals surface area contributed by atoms with Crippen molar-refractivity contribution in [1.29, 1.82) is 0 Å². The molecule has 2 heterocycles. The Kier molecular flexibility index (Phi) is 6.11. The highest BCUT2D eigenvalue weighted by Crippen LogP contribution is 2.49. The molecule has 2 aliphatic carbocycles. The molecule has 0 aromatic heterocycles. The Morgan fingerprint density at radius 1 is 1.21 bits per heavy atom. The Balaban J connectivity index is 1.33. The number of carbonyl (C=O) groups is 2. The van der Waals surface area contributed by atoms with Gasteiger partial charge in [-0.05, 0) is 49.7 Å². The minimum Gasteiger partial charge on any atom is -0.347 e. The molecule has 2 saturated heterocycles. The SMILES string of the molecule is CS(=O)(=O)N1CCN[C@H](C(=O)N2[C@@H](C(=O)NC(c3cc(F)c(Cl)cc3F)C3CC3)C[C@H]3C[C@H]32)C1. The predicted octanol–water partition coefficient (Wildman–Crippen LogP) is 1.41. The third-order valence-corrected chi connectivity index (χ3v) is 8.89. The number of piperidine rings is 1. The van der Waals surface area contributed by atoms with Gasteiger partial charge in [-0.2, -0.15) is 4.31 Å². The summed E-state index contributed by atoms with van der Waals surface area (Å²) in [6.07, 6.45) is 3.97. The minimum absolute atomic E-state index is 0.0116. The van der Waals surface area contributed by atoms with Gasteiger partial charge in [-0.3, -0.25) is 9.59 Å². The lowest BCUT2D eigenvalue weighted by molar-refractivity contribution is -0.142. The second kappa shape index (κ2) is 8.69. The van der Waals surface area contributed by atoms with Gasteiger partial charge in [0, 0.05) is 31.2 Å². The first kappa shape index (κ1) is 23.9. The normalized spacial score (nSPS) is 30.1. The van der Waals surface area contributed by atoms with Crippen molar-refractivity contribution in [3.63, 3.8) is 0 Å². The van der Waals surface area contributed by atoms with Gasteiger partial charge in [-0.1, -0.05) is 11.6 Å². The van der Waals surface area contributed by atoms with Crippen LogP contribution in [-0.2, 0) is 19.6 Å². The Bertz CT molecular complexity index is 1130. The van der Waals surface area contributed by atoms with Crippen molar-refractivity contribution < 1.29 is 26.8 Å². The maximum absolute atomic E-state index is 14.6. The molecule has 186 valence electrons. The van der Waals surface area contributed by atoms with Crippen molar-refractivity contribution >= 4 is 33.4 Å². The van der Waals surface area contributed by atoms with E-state index in [9.17, 15) is 26.8 Å². The second-order valence-electron chi connectivity index (χ2n) is 9.80. The molecule has 4 fully saturated rings. The Labute approximate surface area is 202 Å². The van der Waals surface area contributed by atoms with Crippen LogP contribution in [0, 0.1) is 23.5 Å². The fraction of sp³-hybridized carbons (Fsp3) is 0.636. The molecular weight excluding hydrogens is 490 g/mol. The third kappa shape index (κ3) is 4.55. The van der Waals surface area contributed by atoms with Crippen LogP contribution in [0.1, 0.15) is 37.3 Å². The van der Waals surface area contributed by atoms with Crippen molar-refractivity contribution in [3.8, 4) is 0 Å². The predicted molar refractivity (Wildman–Crippen MR) is 120 cm³/mol. The van der Waals surface area contributed by atoms with E-state index in [1.54, 1.807) is 4.90 Å². The average Bonchev–Trinajstić information content (AvgIpc) is 3.72. The van der Waals surface area contributed by atoms with Crippen LogP contribution in [0.25, 0.3) is 0 Å². The number of amides is 2. The number of benzene rings is 1. The molecule has 1 unspecified atom stereocenters. The topological polar surface area (TPSA) is 98.8 Å². The number of fused-ring (bicyclic) bond motifs is 1. The maximum Gasteiger partial charge on any atom is 0.243 e. The fourth-order valence-corrected chi connectivity index (χ4v) is 6.27. The van der Waals surface area contributed by atoms with E-state index >= 15 is 0 Å². The summed E-state index contributed by atoms with van der Waals surface area (Å²) >= 11 is 5.69. The smallest absolute Gasteiger partial charge is 0.243 e. The van der Waals surface area contributed by atoms with Gasteiger partial charge in [0.25, 0.3) is 0 Å². The van der Waals surface area contributed by atoms with E-state index < -0.39 is 45.7 Å². The van der Waals surface area contributed by atoms with Gasteiger partial charge < -0.3 is 15.5 Å². The van der Waals surface area contributed by atoms with E-state index in [2.05, 4.69) is 10.6 Å². The summed E-state index contributed by atoms with van der Waals surface area (Å²) < 4.78 is 53.9. The van der Waals surface area contributed by atoms with Gasteiger partial charge in [-0.15, -0.1) is 0 Å². The summed E-state index contributed by atoms with van der Waals surface area (Å²) in [6, 6.07) is -0.282. The van der Waals surface area contributed by atoms with E-state index in [1.807, 2.05) is 0 Å². The Morgan fingerprint density at radius 3 is 2.62 bits per heavy atom. The van der Waals surface area contributed by atoms with Crippen molar-refractivity contribution in [3.05, 3.63) is 34.4 Å². The molecule has 1 aromatic rings. The standard InChI is InChI=1S/C22H27ClF2N4O4S/c1-34(32,33)28-5-4-26-17(10-28)22(31)29-18-6-12(18)7-19(29)21(30)27-20(11-2-3-11)13-8-16(25)14(23)9-15(13)24/h8-9,11-12,17-20,26H,2-7,10H2,1H3,(H,27,30)/t12-,17+,18-,19-,20?/m1/s1. The van der Waals surface area contributed by atoms with Crippen LogP contribution in [0.2, 0.25) is 5.02 Å². The van der Waals surface area contributed by atoms with Crippen LogP contribution in [0.5, 0.6) is 0 Å². The zero-order chi connectivity index (χ0) is 24.4. The lowest BCUT2D eigenvalue weighted by atomic mass is 10.00. The molecule has 2 amide bonds. The summed E-state index contributed by atoms with van der Waals surface area (Å²) in [5.74, 6) is -1.93. The summed E-state index contributed by atoms with van der Waals surface area (Å²) in [7, 11) is -3.44. The maximum atomic E-state index is 14.6. The summed E-state index contributed by atoms with van der Waals surface area (Å²) in [5, 5.41) is 5.63. The molecule has 0 bridgehead atoms. The van der Waals surface area contributed by atoms with Gasteiger partial charge in [0.1, 0.15) is 23.7 Å². The van der Waals surface area contributed by atoms with Crippen LogP contribution >= 0.6 is 11.6 Å². The number of nitrogens with zero attached hydrogens (tertiary/aromatic N) is 2. The second-order valence-corrected chi connectivity index (χ2v) is 12.2. The molecular formula is C22H27ClF2N4O4S. The fourth-order valence-electron chi connectivity index (χ4n) is 5.28. The largest absolute Gasteiger partial charge is 0.347 e. The van der Waals surface area contributed by atoms with Crippen molar-refractivity contribution in [2.24, 2.45) is 11.8 Å². The third-order valence-electron chi connectivity index (χ3n) is 7.33. The summed E-state index contributed by atoms with van der Waals surface area (Å²) in [4.78, 5) is 28.3. The first-order chi connectivity index (χ1) is 16.0. The first-order valence-electron chi connectivity index (χ1n) is 11.5. The molecule has 1 aromatic carbocycles. The van der Waals surface area contributed by atoms with Gasteiger partial charge in [0.15, 0.2) is 0 Å². The van der Waals surface area contributed by atoms with Crippen LogP contribution in [0.3, 0.4) is 0 Å². The van der Waals surface area contributed by atoms with E-state index in [0.717, 1.165) is 37.7 Å². The monoisotopic (exact) mass is 516 g/mol.